The number of fused-ring (bicyclic) bond motifs is 2. The van der Waals surface area contributed by atoms with E-state index in [1.54, 1.807) is 35.0 Å². The number of nitrogens with one attached hydrogen (secondary N) is 1. The van der Waals surface area contributed by atoms with Crippen molar-refractivity contribution in [1.29, 1.82) is 0 Å². The van der Waals surface area contributed by atoms with Gasteiger partial charge in [0.2, 0.25) is 0 Å². The third-order valence-electron chi connectivity index (χ3n) is 6.71. The van der Waals surface area contributed by atoms with Crippen LogP contribution in [0.1, 0.15) is 50.1 Å². The average molecular weight is 424 g/mol. The summed E-state index contributed by atoms with van der Waals surface area (Å²) in [6.07, 6.45) is 5.90. The smallest absolute Gasteiger partial charge is 0.274 e. The maximum Gasteiger partial charge on any atom is 0.274 e. The average Bonchev–Trinajstić information content (AvgIpc) is 3.08. The van der Waals surface area contributed by atoms with E-state index in [9.17, 15) is 9.18 Å². The van der Waals surface area contributed by atoms with Crippen LogP contribution in [0.15, 0.2) is 53.5 Å². The van der Waals surface area contributed by atoms with Crippen molar-refractivity contribution < 1.29 is 4.39 Å². The Kier molecular flexibility index (Phi) is 4.86. The monoisotopic (exact) mass is 423 g/mol. The molecule has 1 N–H and O–H groups in total. The Morgan fingerprint density at radius 1 is 1.10 bits per heavy atom. The second-order valence-corrected chi connectivity index (χ2v) is 8.83. The van der Waals surface area contributed by atoms with Gasteiger partial charge in [-0.15, -0.1) is 0 Å². The van der Waals surface area contributed by atoms with Crippen molar-refractivity contribution in [3.63, 3.8) is 0 Å². The fourth-order valence-electron chi connectivity index (χ4n) is 5.01. The number of aromatic amines is 1. The lowest BCUT2D eigenvalue weighted by atomic mass is 9.75. The van der Waals surface area contributed by atoms with Crippen molar-refractivity contribution in [3.8, 4) is 0 Å². The minimum Gasteiger partial charge on any atom is -0.295 e. The molecule has 2 aromatic carbocycles. The molecule has 1 fully saturated rings. The first kappa shape index (κ1) is 19.3. The number of benzene rings is 2. The molecule has 0 radical (unpaired) electrons. The maximum atomic E-state index is 13.8. The van der Waals surface area contributed by atoms with Crippen molar-refractivity contribution >= 4 is 33.4 Å². The first-order chi connectivity index (χ1) is 14.5. The number of rotatable bonds is 3. The minimum absolute atomic E-state index is 0.00638. The van der Waals surface area contributed by atoms with Gasteiger partial charge in [0.05, 0.1) is 22.5 Å². The van der Waals surface area contributed by atoms with Crippen LogP contribution >= 0.6 is 11.6 Å². The zero-order valence-corrected chi connectivity index (χ0v) is 17.5. The normalized spacial score (nSPS) is 20.6. The van der Waals surface area contributed by atoms with Crippen molar-refractivity contribution in [2.24, 2.45) is 5.92 Å². The lowest BCUT2D eigenvalue weighted by Gasteiger charge is -2.33. The zero-order chi connectivity index (χ0) is 20.8. The largest absolute Gasteiger partial charge is 0.295 e. The van der Waals surface area contributed by atoms with E-state index in [1.807, 2.05) is 12.3 Å². The first-order valence-electron chi connectivity index (χ1n) is 10.4. The fraction of sp³-hybridized carbons (Fsp3) is 0.333. The molecule has 30 heavy (non-hydrogen) atoms. The SMILES string of the molecule is CC([C@H]1CC[C@H](c2ccnc3ccc(F)cc32)CC1)n1[nH]c2cc(Cl)ccc2c1=O. The molecule has 0 spiro atoms. The molecule has 4 aromatic rings. The van der Waals surface area contributed by atoms with Crippen LogP contribution in [0, 0.1) is 11.7 Å². The summed E-state index contributed by atoms with van der Waals surface area (Å²) in [6.45, 7) is 2.11. The van der Waals surface area contributed by atoms with Gasteiger partial charge in [-0.05, 0) is 92.5 Å². The zero-order valence-electron chi connectivity index (χ0n) is 16.7. The summed E-state index contributed by atoms with van der Waals surface area (Å²) in [7, 11) is 0. The molecule has 154 valence electrons. The van der Waals surface area contributed by atoms with E-state index in [4.69, 9.17) is 11.6 Å². The predicted octanol–water partition coefficient (Wildman–Crippen LogP) is 6.21. The van der Waals surface area contributed by atoms with E-state index in [2.05, 4.69) is 17.0 Å². The third kappa shape index (κ3) is 3.31. The van der Waals surface area contributed by atoms with Gasteiger partial charge < -0.3 is 0 Å². The second-order valence-electron chi connectivity index (χ2n) is 8.39. The van der Waals surface area contributed by atoms with E-state index >= 15 is 0 Å². The Morgan fingerprint density at radius 2 is 1.90 bits per heavy atom. The number of aromatic nitrogens is 3. The van der Waals surface area contributed by atoms with Crippen LogP contribution in [0.25, 0.3) is 21.8 Å². The Morgan fingerprint density at radius 3 is 2.70 bits per heavy atom. The van der Waals surface area contributed by atoms with E-state index in [-0.39, 0.29) is 17.4 Å². The molecule has 1 unspecified atom stereocenters. The highest BCUT2D eigenvalue weighted by atomic mass is 35.5. The summed E-state index contributed by atoms with van der Waals surface area (Å²) >= 11 is 6.07. The molecule has 1 aliphatic carbocycles. The standard InChI is InChI=1S/C24H23ClFN3O/c1-14(29-24(30)20-8-6-17(25)12-23(20)28-29)15-2-4-16(5-3-15)19-10-11-27-22-9-7-18(26)13-21(19)22/h6-16,28H,2-5H2,1H3/t14?,15-,16-. The maximum absolute atomic E-state index is 13.8. The second kappa shape index (κ2) is 7.55. The van der Waals surface area contributed by atoms with Crippen molar-refractivity contribution in [2.75, 3.05) is 0 Å². The van der Waals surface area contributed by atoms with Crippen molar-refractivity contribution in [1.82, 2.24) is 14.8 Å². The minimum atomic E-state index is -0.225. The molecule has 5 rings (SSSR count). The van der Waals surface area contributed by atoms with E-state index in [0.29, 0.717) is 22.2 Å². The van der Waals surface area contributed by atoms with Gasteiger partial charge in [0, 0.05) is 16.6 Å². The molecule has 0 bridgehead atoms. The third-order valence-corrected chi connectivity index (χ3v) is 6.95. The number of H-pyrrole nitrogens is 1. The van der Waals surface area contributed by atoms with E-state index in [1.165, 1.54) is 11.6 Å². The Labute approximate surface area is 178 Å². The molecular weight excluding hydrogens is 401 g/mol. The molecule has 1 aliphatic rings. The van der Waals surface area contributed by atoms with Crippen molar-refractivity contribution in [3.05, 3.63) is 75.4 Å². The van der Waals surface area contributed by atoms with Gasteiger partial charge in [0.1, 0.15) is 5.82 Å². The summed E-state index contributed by atoms with van der Waals surface area (Å²) in [5.74, 6) is 0.573. The number of pyridine rings is 1. The van der Waals surface area contributed by atoms with Crippen LogP contribution in [0.2, 0.25) is 5.02 Å². The molecular formula is C24H23ClFN3O. The van der Waals surface area contributed by atoms with Gasteiger partial charge in [-0.2, -0.15) is 0 Å². The highest BCUT2D eigenvalue weighted by Crippen LogP contribution is 2.41. The number of nitrogens with zero attached hydrogens (tertiary/aromatic N) is 2. The number of hydrogen-bond acceptors (Lipinski definition) is 2. The van der Waals surface area contributed by atoms with Gasteiger partial charge in [-0.25, -0.2) is 9.07 Å². The molecule has 2 aromatic heterocycles. The quantitative estimate of drug-likeness (QED) is 0.426. The highest BCUT2D eigenvalue weighted by molar-refractivity contribution is 6.31. The Bertz CT molecular complexity index is 1290. The molecule has 4 nitrogen and oxygen atoms in total. The topological polar surface area (TPSA) is 50.7 Å². The molecule has 0 aliphatic heterocycles. The molecule has 1 saturated carbocycles. The van der Waals surface area contributed by atoms with Crippen molar-refractivity contribution in [2.45, 2.75) is 44.6 Å². The molecule has 6 heteroatoms. The molecule has 0 amide bonds. The Hall–Kier alpha value is -2.66. The lowest BCUT2D eigenvalue weighted by Crippen LogP contribution is -2.28. The van der Waals surface area contributed by atoms with Crippen LogP contribution < -0.4 is 5.56 Å². The van der Waals surface area contributed by atoms with Crippen LogP contribution in [0.3, 0.4) is 0 Å². The lowest BCUT2D eigenvalue weighted by molar-refractivity contribution is 0.233. The molecule has 0 saturated heterocycles. The summed E-state index contributed by atoms with van der Waals surface area (Å²) in [5.41, 5.74) is 2.81. The van der Waals surface area contributed by atoms with E-state index < -0.39 is 0 Å². The van der Waals surface area contributed by atoms with Crippen LogP contribution in [-0.2, 0) is 0 Å². The predicted molar refractivity (Wildman–Crippen MR) is 119 cm³/mol. The van der Waals surface area contributed by atoms with Crippen LogP contribution in [0.4, 0.5) is 4.39 Å². The Balaban J connectivity index is 1.37. The highest BCUT2D eigenvalue weighted by Gasteiger charge is 2.29. The fourth-order valence-corrected chi connectivity index (χ4v) is 5.18. The van der Waals surface area contributed by atoms with Gasteiger partial charge >= 0.3 is 0 Å². The summed E-state index contributed by atoms with van der Waals surface area (Å²) in [4.78, 5) is 17.2. The van der Waals surface area contributed by atoms with Gasteiger partial charge in [0.15, 0.2) is 0 Å². The number of hydrogen-bond donors (Lipinski definition) is 1. The van der Waals surface area contributed by atoms with Gasteiger partial charge in [0.25, 0.3) is 5.56 Å². The number of halogens is 2. The summed E-state index contributed by atoms with van der Waals surface area (Å²) < 4.78 is 15.6. The van der Waals surface area contributed by atoms with Gasteiger partial charge in [-0.1, -0.05) is 11.6 Å². The first-order valence-corrected chi connectivity index (χ1v) is 10.8. The summed E-state index contributed by atoms with van der Waals surface area (Å²) in [5, 5.41) is 5.45. The summed E-state index contributed by atoms with van der Waals surface area (Å²) in [6, 6.07) is 12.2. The molecule has 2 heterocycles. The van der Waals surface area contributed by atoms with Gasteiger partial charge in [-0.3, -0.25) is 14.9 Å². The van der Waals surface area contributed by atoms with Crippen LogP contribution in [-0.4, -0.2) is 14.8 Å². The molecule has 1 atom stereocenters. The van der Waals surface area contributed by atoms with E-state index in [0.717, 1.165) is 42.1 Å². The van der Waals surface area contributed by atoms with Crippen LogP contribution in [0.5, 0.6) is 0 Å².